The molecule has 0 saturated heterocycles. The number of nitrogens with one attached hydrogen (secondary N) is 1. The van der Waals surface area contributed by atoms with Crippen LogP contribution in [0, 0.1) is 19.7 Å². The third kappa shape index (κ3) is 3.39. The Hall–Kier alpha value is -2.06. The molecule has 2 aromatic heterocycles. The van der Waals surface area contributed by atoms with E-state index < -0.39 is 11.7 Å². The van der Waals surface area contributed by atoms with E-state index in [2.05, 4.69) is 31.2 Å². The summed E-state index contributed by atoms with van der Waals surface area (Å²) in [5.41, 5.74) is 1.13. The number of ether oxygens (including phenoxy) is 1. The van der Waals surface area contributed by atoms with E-state index in [1.807, 2.05) is 13.8 Å². The van der Waals surface area contributed by atoms with Gasteiger partial charge in [-0.05, 0) is 37.6 Å². The van der Waals surface area contributed by atoms with E-state index in [1.165, 1.54) is 18.5 Å². The van der Waals surface area contributed by atoms with Crippen LogP contribution in [0.3, 0.4) is 0 Å². The van der Waals surface area contributed by atoms with Gasteiger partial charge in [-0.15, -0.1) is 11.3 Å². The lowest BCUT2D eigenvalue weighted by atomic mass is 10.2. The molecule has 0 aliphatic heterocycles. The normalized spacial score (nSPS) is 10.8. The molecule has 5 nitrogen and oxygen atoms in total. The molecule has 8 heteroatoms. The molecule has 1 aromatic carbocycles. The van der Waals surface area contributed by atoms with E-state index >= 15 is 0 Å². The molecule has 0 fully saturated rings. The average molecular weight is 410 g/mol. The molecule has 0 atom stereocenters. The molecule has 0 spiro atoms. The number of anilines is 1. The van der Waals surface area contributed by atoms with Crippen LogP contribution in [0.2, 0.25) is 0 Å². The van der Waals surface area contributed by atoms with Gasteiger partial charge >= 0.3 is 0 Å². The molecule has 24 heavy (non-hydrogen) atoms. The second kappa shape index (κ2) is 6.82. The number of fused-ring (bicyclic) bond motifs is 1. The predicted molar refractivity (Wildman–Crippen MR) is 95.1 cm³/mol. The van der Waals surface area contributed by atoms with Gasteiger partial charge in [-0.1, -0.05) is 15.9 Å². The minimum absolute atomic E-state index is 0.0993. The summed E-state index contributed by atoms with van der Waals surface area (Å²) < 4.78 is 19.9. The summed E-state index contributed by atoms with van der Waals surface area (Å²) >= 11 is 4.71. The van der Waals surface area contributed by atoms with Crippen molar-refractivity contribution in [3.63, 3.8) is 0 Å². The maximum Gasteiger partial charge on any atom is 0.262 e. The third-order valence-electron chi connectivity index (χ3n) is 3.48. The molecular weight excluding hydrogens is 397 g/mol. The molecule has 0 bridgehead atoms. The second-order valence-corrected chi connectivity index (χ2v) is 7.22. The fraction of sp³-hybridized carbons (Fsp3) is 0.188. The number of hydrogen-bond donors (Lipinski definition) is 1. The summed E-state index contributed by atoms with van der Waals surface area (Å²) in [5, 5.41) is 3.28. The summed E-state index contributed by atoms with van der Waals surface area (Å²) in [4.78, 5) is 22.2. The smallest absolute Gasteiger partial charge is 0.262 e. The van der Waals surface area contributed by atoms with E-state index in [4.69, 9.17) is 4.74 Å². The SMILES string of the molecule is Cc1sc2ncnc(OCC(=O)Nc3ccc(Br)cc3F)c2c1C. The second-order valence-electron chi connectivity index (χ2n) is 5.10. The zero-order chi connectivity index (χ0) is 17.3. The van der Waals surface area contributed by atoms with Gasteiger partial charge in [0.2, 0.25) is 5.88 Å². The first-order valence-electron chi connectivity index (χ1n) is 7.04. The van der Waals surface area contributed by atoms with Crippen molar-refractivity contribution in [2.75, 3.05) is 11.9 Å². The molecule has 0 aliphatic carbocycles. The lowest BCUT2D eigenvalue weighted by molar-refractivity contribution is -0.118. The Labute approximate surface area is 150 Å². The van der Waals surface area contributed by atoms with Crippen LogP contribution in [0.15, 0.2) is 29.0 Å². The van der Waals surface area contributed by atoms with Gasteiger partial charge < -0.3 is 10.1 Å². The first-order valence-corrected chi connectivity index (χ1v) is 8.65. The van der Waals surface area contributed by atoms with E-state index in [9.17, 15) is 9.18 Å². The van der Waals surface area contributed by atoms with Gasteiger partial charge in [0.1, 0.15) is 17.0 Å². The largest absolute Gasteiger partial charge is 0.467 e. The van der Waals surface area contributed by atoms with Crippen LogP contribution in [0.5, 0.6) is 5.88 Å². The quantitative estimate of drug-likeness (QED) is 0.700. The van der Waals surface area contributed by atoms with Gasteiger partial charge in [0.25, 0.3) is 5.91 Å². The average Bonchev–Trinajstić information content (AvgIpc) is 2.83. The Morgan fingerprint density at radius 1 is 1.38 bits per heavy atom. The minimum atomic E-state index is -0.522. The Morgan fingerprint density at radius 3 is 2.92 bits per heavy atom. The van der Waals surface area contributed by atoms with Crippen molar-refractivity contribution < 1.29 is 13.9 Å². The summed E-state index contributed by atoms with van der Waals surface area (Å²) in [6.07, 6.45) is 1.40. The van der Waals surface area contributed by atoms with Crippen molar-refractivity contribution >= 4 is 49.1 Å². The summed E-state index contributed by atoms with van der Waals surface area (Å²) in [7, 11) is 0. The molecule has 3 aromatic rings. The number of carbonyl (C=O) groups is 1. The number of aromatic nitrogens is 2. The zero-order valence-electron chi connectivity index (χ0n) is 12.9. The molecule has 2 heterocycles. The highest BCUT2D eigenvalue weighted by Gasteiger charge is 2.14. The molecular formula is C16H13BrFN3O2S. The minimum Gasteiger partial charge on any atom is -0.467 e. The standard InChI is InChI=1S/C16H13BrFN3O2S/c1-8-9(2)24-16-14(8)15(19-7-20-16)23-6-13(22)21-12-4-3-10(17)5-11(12)18/h3-5,7H,6H2,1-2H3,(H,21,22). The summed E-state index contributed by atoms with van der Waals surface area (Å²) in [6, 6.07) is 4.40. The first-order chi connectivity index (χ1) is 11.5. The number of amides is 1. The van der Waals surface area contributed by atoms with Crippen molar-refractivity contribution in [3.8, 4) is 5.88 Å². The number of thiophene rings is 1. The fourth-order valence-corrected chi connectivity index (χ4v) is 3.49. The molecule has 0 unspecified atom stereocenters. The maximum absolute atomic E-state index is 13.7. The number of rotatable bonds is 4. The summed E-state index contributed by atoms with van der Waals surface area (Å²) in [6.45, 7) is 3.69. The molecule has 124 valence electrons. The van der Waals surface area contributed by atoms with E-state index in [0.29, 0.717) is 10.4 Å². The Balaban J connectivity index is 1.73. The molecule has 3 rings (SSSR count). The number of benzene rings is 1. The number of nitrogens with zero attached hydrogens (tertiary/aromatic N) is 2. The van der Waals surface area contributed by atoms with Crippen molar-refractivity contribution in [3.05, 3.63) is 45.3 Å². The van der Waals surface area contributed by atoms with Crippen molar-refractivity contribution in [2.45, 2.75) is 13.8 Å². The molecule has 1 N–H and O–H groups in total. The topological polar surface area (TPSA) is 64.1 Å². The Morgan fingerprint density at radius 2 is 2.17 bits per heavy atom. The van der Waals surface area contributed by atoms with Crippen molar-refractivity contribution in [1.82, 2.24) is 9.97 Å². The van der Waals surface area contributed by atoms with Crippen LogP contribution < -0.4 is 10.1 Å². The van der Waals surface area contributed by atoms with Crippen LogP contribution in [0.4, 0.5) is 10.1 Å². The van der Waals surface area contributed by atoms with Crippen LogP contribution in [-0.4, -0.2) is 22.5 Å². The van der Waals surface area contributed by atoms with Gasteiger partial charge in [-0.2, -0.15) is 0 Å². The molecule has 0 saturated carbocycles. The zero-order valence-corrected chi connectivity index (χ0v) is 15.3. The Bertz CT molecular complexity index is 929. The summed E-state index contributed by atoms with van der Waals surface area (Å²) in [5.74, 6) is -0.632. The van der Waals surface area contributed by atoms with Gasteiger partial charge in [0, 0.05) is 9.35 Å². The van der Waals surface area contributed by atoms with Crippen LogP contribution >= 0.6 is 27.3 Å². The third-order valence-corrected chi connectivity index (χ3v) is 5.08. The van der Waals surface area contributed by atoms with Crippen molar-refractivity contribution in [1.29, 1.82) is 0 Å². The van der Waals surface area contributed by atoms with Crippen LogP contribution in [-0.2, 0) is 4.79 Å². The van der Waals surface area contributed by atoms with E-state index in [0.717, 1.165) is 20.7 Å². The van der Waals surface area contributed by atoms with E-state index in [1.54, 1.807) is 17.4 Å². The molecule has 0 aliphatic rings. The van der Waals surface area contributed by atoms with Gasteiger partial charge in [-0.25, -0.2) is 14.4 Å². The van der Waals surface area contributed by atoms with Crippen LogP contribution in [0.25, 0.3) is 10.2 Å². The van der Waals surface area contributed by atoms with E-state index in [-0.39, 0.29) is 12.3 Å². The van der Waals surface area contributed by atoms with Gasteiger partial charge in [-0.3, -0.25) is 4.79 Å². The number of halogens is 2. The number of hydrogen-bond acceptors (Lipinski definition) is 5. The number of carbonyl (C=O) groups excluding carboxylic acids is 1. The highest BCUT2D eigenvalue weighted by Crippen LogP contribution is 2.33. The first kappa shape index (κ1) is 16.8. The van der Waals surface area contributed by atoms with Crippen LogP contribution in [0.1, 0.15) is 10.4 Å². The van der Waals surface area contributed by atoms with Gasteiger partial charge in [0.05, 0.1) is 11.1 Å². The number of aryl methyl sites for hydroxylation is 2. The monoisotopic (exact) mass is 409 g/mol. The highest BCUT2D eigenvalue weighted by atomic mass is 79.9. The molecule has 1 amide bonds. The van der Waals surface area contributed by atoms with Gasteiger partial charge in [0.15, 0.2) is 6.61 Å². The van der Waals surface area contributed by atoms with Crippen molar-refractivity contribution in [2.24, 2.45) is 0 Å². The predicted octanol–water partition coefficient (Wildman–Crippen LogP) is 4.23. The maximum atomic E-state index is 13.7. The lowest BCUT2D eigenvalue weighted by Crippen LogP contribution is -2.21. The highest BCUT2D eigenvalue weighted by molar-refractivity contribution is 9.10. The lowest BCUT2D eigenvalue weighted by Gasteiger charge is -2.09. The fourth-order valence-electron chi connectivity index (χ4n) is 2.17. The molecule has 0 radical (unpaired) electrons. The Kier molecular flexibility index (Phi) is 4.77.